The van der Waals surface area contributed by atoms with E-state index in [-0.39, 0.29) is 0 Å². The Kier molecular flexibility index (Phi) is 12.0. The Bertz CT molecular complexity index is 2170. The van der Waals surface area contributed by atoms with Gasteiger partial charge in [0.05, 0.1) is 28.1 Å². The Morgan fingerprint density at radius 2 is 1.29 bits per heavy atom. The molecule has 2 heterocycles. The Hall–Kier alpha value is -3.73. The van der Waals surface area contributed by atoms with E-state index in [0.717, 1.165) is 69.6 Å². The summed E-state index contributed by atoms with van der Waals surface area (Å²) in [5, 5.41) is 3.78. The molecule has 0 unspecified atom stereocenters. The van der Waals surface area contributed by atoms with Crippen molar-refractivity contribution in [3.63, 3.8) is 0 Å². The number of halogens is 5. The maximum absolute atomic E-state index is 5.62. The highest BCUT2D eigenvalue weighted by Crippen LogP contribution is 2.38. The van der Waals surface area contributed by atoms with Gasteiger partial charge in [0, 0.05) is 35.7 Å². The zero-order valence-corrected chi connectivity index (χ0v) is 32.9. The molecule has 5 nitrogen and oxygen atoms in total. The van der Waals surface area contributed by atoms with E-state index in [9.17, 15) is 0 Å². The van der Waals surface area contributed by atoms with Crippen LogP contribution < -0.4 is 10.2 Å². The molecule has 0 atom stereocenters. The molecule has 2 N–H and O–H groups in total. The first-order valence-corrected chi connectivity index (χ1v) is 18.7. The maximum Gasteiger partial charge on any atom is 0.201 e. The molecule has 244 valence electrons. The van der Waals surface area contributed by atoms with Gasteiger partial charge in [-0.2, -0.15) is 0 Å². The average molecular weight is 922 g/mol. The van der Waals surface area contributed by atoms with Crippen molar-refractivity contribution in [3.05, 3.63) is 174 Å². The minimum atomic E-state index is 0.446. The van der Waals surface area contributed by atoms with Gasteiger partial charge in [0.1, 0.15) is 5.84 Å². The van der Waals surface area contributed by atoms with Crippen LogP contribution in [0.15, 0.2) is 168 Å². The van der Waals surface area contributed by atoms with Crippen molar-refractivity contribution in [1.82, 2.24) is 9.97 Å². The molecule has 0 spiro atoms. The summed E-state index contributed by atoms with van der Waals surface area (Å²) in [6.07, 6.45) is 0.823. The van der Waals surface area contributed by atoms with E-state index >= 15 is 0 Å². The van der Waals surface area contributed by atoms with E-state index in [1.165, 1.54) is 5.56 Å². The molecule has 1 aliphatic heterocycles. The zero-order chi connectivity index (χ0) is 34.2. The fourth-order valence-electron chi connectivity index (χ4n) is 5.10. The van der Waals surface area contributed by atoms with Crippen LogP contribution >= 0.6 is 75.3 Å². The number of rotatable bonds is 4. The largest absolute Gasteiger partial charge is 0.355 e. The molecule has 7 aromatic rings. The fourth-order valence-corrected chi connectivity index (χ4v) is 6.77. The molecule has 6 aromatic carbocycles. The van der Waals surface area contributed by atoms with Crippen LogP contribution in [0.4, 0.5) is 28.4 Å². The summed E-state index contributed by atoms with van der Waals surface area (Å²) in [4.78, 5) is 14.0. The summed E-state index contributed by atoms with van der Waals surface area (Å²) in [6, 6.07) is 48.7. The molecule has 8 rings (SSSR count). The van der Waals surface area contributed by atoms with Crippen molar-refractivity contribution in [2.24, 2.45) is 4.99 Å². The molecule has 0 radical (unpaired) electrons. The Balaban J connectivity index is 0.000000141. The lowest BCUT2D eigenvalue weighted by molar-refractivity contribution is 1.26. The van der Waals surface area contributed by atoms with Gasteiger partial charge in [-0.25, -0.2) is 9.98 Å². The summed E-state index contributed by atoms with van der Waals surface area (Å²) in [6.45, 7) is 0. The SMILES string of the molecule is Brc1ccc(Br)c(N(C2=Nc3ccccc3C2)c2ccccc2)c1.Brc1ccc(Br)c(Nc2ccccc2)c1.Clc1nc2ccccc2[nH]1. The molecular weight excluding hydrogens is 894 g/mol. The smallest absolute Gasteiger partial charge is 0.201 e. The van der Waals surface area contributed by atoms with E-state index in [4.69, 9.17) is 16.6 Å². The number of para-hydroxylation sites is 5. The van der Waals surface area contributed by atoms with Crippen LogP contribution in [-0.2, 0) is 6.42 Å². The molecular formula is C39H28Br4ClN5. The topological polar surface area (TPSA) is 56.3 Å². The maximum atomic E-state index is 5.62. The monoisotopic (exact) mass is 917 g/mol. The lowest BCUT2D eigenvalue weighted by Gasteiger charge is -2.26. The van der Waals surface area contributed by atoms with Crippen molar-refractivity contribution in [2.45, 2.75) is 6.42 Å². The molecule has 0 bridgehead atoms. The average Bonchev–Trinajstić information content (AvgIpc) is 3.72. The lowest BCUT2D eigenvalue weighted by Crippen LogP contribution is -2.26. The number of nitrogens with zero attached hydrogens (tertiary/aromatic N) is 3. The molecule has 1 aliphatic rings. The molecule has 0 saturated heterocycles. The summed E-state index contributed by atoms with van der Waals surface area (Å²) in [5.41, 5.74) is 8.51. The highest BCUT2D eigenvalue weighted by atomic mass is 79.9. The van der Waals surface area contributed by atoms with Crippen molar-refractivity contribution in [3.8, 4) is 0 Å². The lowest BCUT2D eigenvalue weighted by atomic mass is 10.1. The van der Waals surface area contributed by atoms with E-state index in [1.54, 1.807) is 0 Å². The number of hydrogen-bond donors (Lipinski definition) is 2. The first-order valence-electron chi connectivity index (χ1n) is 15.2. The van der Waals surface area contributed by atoms with Crippen LogP contribution in [0.1, 0.15) is 5.56 Å². The summed E-state index contributed by atoms with van der Waals surface area (Å²) < 4.78 is 4.18. The third-order valence-corrected chi connectivity index (χ3v) is 9.88. The van der Waals surface area contributed by atoms with Gasteiger partial charge in [-0.1, -0.05) is 98.6 Å². The second-order valence-electron chi connectivity index (χ2n) is 10.8. The number of imidazole rings is 1. The number of aliphatic imine (C=N–C) groups is 1. The van der Waals surface area contributed by atoms with Crippen LogP contribution in [0.25, 0.3) is 11.0 Å². The van der Waals surface area contributed by atoms with E-state index in [2.05, 4.69) is 139 Å². The standard InChI is InChI=1S/C20H14Br2N2.C12H9Br2N.C7H5ClN2/c21-15-10-11-17(22)19(13-15)24(16-7-2-1-3-8-16)20-12-14-6-4-5-9-18(14)23-20;13-9-6-7-11(14)12(8-9)15-10-4-2-1-3-5-10;8-7-9-5-3-1-2-4-6(5)10-7/h1-11,13H,12H2;1-8,15H;1-4H,(H,9,10). The van der Waals surface area contributed by atoms with E-state index in [1.807, 2.05) is 91.0 Å². The number of fused-ring (bicyclic) bond motifs is 2. The quantitative estimate of drug-likeness (QED) is 0.185. The third-order valence-electron chi connectivity index (χ3n) is 7.35. The van der Waals surface area contributed by atoms with Crippen molar-refractivity contribution >= 4 is 121 Å². The van der Waals surface area contributed by atoms with Crippen LogP contribution in [-0.4, -0.2) is 15.8 Å². The molecule has 1 aromatic heterocycles. The van der Waals surface area contributed by atoms with E-state index in [0.29, 0.717) is 5.28 Å². The van der Waals surface area contributed by atoms with Gasteiger partial charge >= 0.3 is 0 Å². The summed E-state index contributed by atoms with van der Waals surface area (Å²) in [7, 11) is 0. The van der Waals surface area contributed by atoms with Crippen molar-refractivity contribution in [2.75, 3.05) is 10.2 Å². The third kappa shape index (κ3) is 9.29. The van der Waals surface area contributed by atoms with Gasteiger partial charge in [0.15, 0.2) is 0 Å². The van der Waals surface area contributed by atoms with Gasteiger partial charge < -0.3 is 10.3 Å². The van der Waals surface area contributed by atoms with Gasteiger partial charge in [-0.3, -0.25) is 4.90 Å². The number of aromatic amines is 1. The number of nitrogens with one attached hydrogen (secondary N) is 2. The molecule has 0 saturated carbocycles. The number of amidine groups is 1. The van der Waals surface area contributed by atoms with Crippen LogP contribution in [0.3, 0.4) is 0 Å². The van der Waals surface area contributed by atoms with Crippen LogP contribution in [0.5, 0.6) is 0 Å². The first-order chi connectivity index (χ1) is 23.8. The first kappa shape index (κ1) is 35.1. The molecule has 49 heavy (non-hydrogen) atoms. The Morgan fingerprint density at radius 1 is 0.653 bits per heavy atom. The second-order valence-corrected chi connectivity index (χ2v) is 14.7. The predicted molar refractivity (Wildman–Crippen MR) is 220 cm³/mol. The Labute approximate surface area is 324 Å². The molecule has 10 heteroatoms. The Morgan fingerprint density at radius 3 is 2.02 bits per heavy atom. The minimum Gasteiger partial charge on any atom is -0.355 e. The highest BCUT2D eigenvalue weighted by Gasteiger charge is 2.24. The van der Waals surface area contributed by atoms with Crippen molar-refractivity contribution < 1.29 is 0 Å². The molecule has 0 aliphatic carbocycles. The van der Waals surface area contributed by atoms with Crippen LogP contribution in [0.2, 0.25) is 5.28 Å². The normalized spacial score (nSPS) is 11.4. The second kappa shape index (κ2) is 16.8. The number of benzene rings is 6. The number of anilines is 4. The number of hydrogen-bond acceptors (Lipinski definition) is 4. The van der Waals surface area contributed by atoms with Gasteiger partial charge in [0.2, 0.25) is 5.28 Å². The number of aromatic nitrogens is 2. The predicted octanol–water partition coefficient (Wildman–Crippen LogP) is 13.8. The summed E-state index contributed by atoms with van der Waals surface area (Å²) in [5.74, 6) is 1.03. The van der Waals surface area contributed by atoms with Gasteiger partial charge in [-0.15, -0.1) is 0 Å². The summed E-state index contributed by atoms with van der Waals surface area (Å²) >= 11 is 19.8. The zero-order valence-electron chi connectivity index (χ0n) is 25.8. The molecule has 0 amide bonds. The highest BCUT2D eigenvalue weighted by molar-refractivity contribution is 9.11. The molecule has 0 fully saturated rings. The van der Waals surface area contributed by atoms with E-state index < -0.39 is 0 Å². The fraction of sp³-hybridized carbons (Fsp3) is 0.0256. The number of H-pyrrole nitrogens is 1. The van der Waals surface area contributed by atoms with Crippen molar-refractivity contribution in [1.29, 1.82) is 0 Å². The minimum absolute atomic E-state index is 0.446. The van der Waals surface area contributed by atoms with Gasteiger partial charge in [0.25, 0.3) is 0 Å². The van der Waals surface area contributed by atoms with Gasteiger partial charge in [-0.05, 0) is 128 Å². The van der Waals surface area contributed by atoms with Crippen LogP contribution in [0, 0.1) is 0 Å².